The van der Waals surface area contributed by atoms with Gasteiger partial charge >= 0.3 is 0 Å². The van der Waals surface area contributed by atoms with E-state index in [0.29, 0.717) is 19.0 Å². The van der Waals surface area contributed by atoms with Crippen molar-refractivity contribution in [3.63, 3.8) is 0 Å². The third kappa shape index (κ3) is 2.40. The van der Waals surface area contributed by atoms with Crippen molar-refractivity contribution in [2.24, 2.45) is 0 Å². The standard InChI is InChI=1S/C18H16N6O/c1-2-6-15-14(5-1)17-21-16(13-4-3-7-19-12-13)22-24(17)18(20-15)23-8-10-25-11-9-23/h1-7,12H,8-11H2. The molecule has 0 radical (unpaired) electrons. The van der Waals surface area contributed by atoms with E-state index in [0.717, 1.165) is 41.2 Å². The summed E-state index contributed by atoms with van der Waals surface area (Å²) in [4.78, 5) is 16.0. The van der Waals surface area contributed by atoms with Crippen molar-refractivity contribution >= 4 is 22.5 Å². The highest BCUT2D eigenvalue weighted by Gasteiger charge is 2.20. The molecule has 0 bridgehead atoms. The highest BCUT2D eigenvalue weighted by molar-refractivity contribution is 5.92. The second-order valence-electron chi connectivity index (χ2n) is 5.94. The van der Waals surface area contributed by atoms with Crippen LogP contribution in [0.2, 0.25) is 0 Å². The van der Waals surface area contributed by atoms with Crippen molar-refractivity contribution in [1.29, 1.82) is 0 Å². The summed E-state index contributed by atoms with van der Waals surface area (Å²) in [5, 5.41) is 5.72. The van der Waals surface area contributed by atoms with Gasteiger partial charge in [-0.05, 0) is 24.3 Å². The van der Waals surface area contributed by atoms with Crippen molar-refractivity contribution in [3.05, 3.63) is 48.8 Å². The lowest BCUT2D eigenvalue weighted by atomic mass is 10.2. The zero-order chi connectivity index (χ0) is 16.6. The predicted molar refractivity (Wildman–Crippen MR) is 94.6 cm³/mol. The number of fused-ring (bicyclic) bond motifs is 3. The number of anilines is 1. The van der Waals surface area contributed by atoms with Crippen LogP contribution in [-0.4, -0.2) is 50.9 Å². The van der Waals surface area contributed by atoms with E-state index in [1.54, 1.807) is 12.4 Å². The van der Waals surface area contributed by atoms with Crippen molar-refractivity contribution in [2.45, 2.75) is 0 Å². The first kappa shape index (κ1) is 14.3. The molecule has 7 nitrogen and oxygen atoms in total. The Morgan fingerprint density at radius 2 is 1.84 bits per heavy atom. The second-order valence-corrected chi connectivity index (χ2v) is 5.94. The van der Waals surface area contributed by atoms with Gasteiger partial charge in [0, 0.05) is 36.4 Å². The van der Waals surface area contributed by atoms with E-state index in [1.807, 2.05) is 40.9 Å². The molecule has 5 rings (SSSR count). The number of ether oxygens (including phenoxy) is 1. The topological polar surface area (TPSA) is 68.4 Å². The number of hydrogen-bond donors (Lipinski definition) is 0. The molecule has 1 saturated heterocycles. The van der Waals surface area contributed by atoms with Crippen LogP contribution in [0.25, 0.3) is 27.9 Å². The minimum atomic E-state index is 0.653. The first-order valence-electron chi connectivity index (χ1n) is 8.29. The maximum absolute atomic E-state index is 5.47. The summed E-state index contributed by atoms with van der Waals surface area (Å²) in [6, 6.07) is 11.9. The lowest BCUT2D eigenvalue weighted by molar-refractivity contribution is 0.122. The molecule has 0 amide bonds. The van der Waals surface area contributed by atoms with Gasteiger partial charge in [0.1, 0.15) is 0 Å². The molecule has 0 aliphatic carbocycles. The number of nitrogens with zero attached hydrogens (tertiary/aromatic N) is 6. The minimum Gasteiger partial charge on any atom is -0.378 e. The summed E-state index contributed by atoms with van der Waals surface area (Å²) >= 11 is 0. The number of para-hydroxylation sites is 1. The van der Waals surface area contributed by atoms with Crippen molar-refractivity contribution < 1.29 is 4.74 Å². The van der Waals surface area contributed by atoms with Gasteiger partial charge in [0.05, 0.1) is 18.7 Å². The number of aromatic nitrogens is 5. The third-order valence-electron chi connectivity index (χ3n) is 4.38. The van der Waals surface area contributed by atoms with Gasteiger partial charge in [-0.2, -0.15) is 4.52 Å². The number of benzene rings is 1. The molecule has 7 heteroatoms. The van der Waals surface area contributed by atoms with Crippen molar-refractivity contribution in [1.82, 2.24) is 24.6 Å². The molecular formula is C18H16N6O. The molecule has 1 aromatic carbocycles. The van der Waals surface area contributed by atoms with E-state index >= 15 is 0 Å². The van der Waals surface area contributed by atoms with E-state index in [1.165, 1.54) is 0 Å². The molecule has 1 aliphatic rings. The molecule has 0 atom stereocenters. The first-order chi connectivity index (χ1) is 12.4. The fraction of sp³-hybridized carbons (Fsp3) is 0.222. The smallest absolute Gasteiger partial charge is 0.229 e. The average molecular weight is 332 g/mol. The molecule has 1 aliphatic heterocycles. The maximum atomic E-state index is 5.47. The summed E-state index contributed by atoms with van der Waals surface area (Å²) in [6.07, 6.45) is 3.52. The molecule has 0 spiro atoms. The monoisotopic (exact) mass is 332 g/mol. The molecule has 0 saturated carbocycles. The van der Waals surface area contributed by atoms with Gasteiger partial charge in [0.15, 0.2) is 11.5 Å². The maximum Gasteiger partial charge on any atom is 0.229 e. The highest BCUT2D eigenvalue weighted by atomic mass is 16.5. The first-order valence-corrected chi connectivity index (χ1v) is 8.29. The van der Waals surface area contributed by atoms with Crippen LogP contribution in [0.3, 0.4) is 0 Å². The predicted octanol–water partition coefficient (Wildman–Crippen LogP) is 2.18. The summed E-state index contributed by atoms with van der Waals surface area (Å²) in [5.74, 6) is 1.46. The fourth-order valence-corrected chi connectivity index (χ4v) is 3.13. The van der Waals surface area contributed by atoms with Gasteiger partial charge < -0.3 is 9.64 Å². The Hall–Kier alpha value is -3.06. The zero-order valence-electron chi connectivity index (χ0n) is 13.5. The number of rotatable bonds is 2. The van der Waals surface area contributed by atoms with Crippen LogP contribution < -0.4 is 4.90 Å². The Morgan fingerprint density at radius 3 is 2.68 bits per heavy atom. The second kappa shape index (κ2) is 5.78. The molecule has 25 heavy (non-hydrogen) atoms. The van der Waals surface area contributed by atoms with Crippen LogP contribution in [-0.2, 0) is 4.74 Å². The van der Waals surface area contributed by atoms with E-state index in [-0.39, 0.29) is 0 Å². The largest absolute Gasteiger partial charge is 0.378 e. The Labute approximate surface area is 143 Å². The summed E-state index contributed by atoms with van der Waals surface area (Å²) in [7, 11) is 0. The van der Waals surface area contributed by atoms with E-state index < -0.39 is 0 Å². The molecule has 1 fully saturated rings. The van der Waals surface area contributed by atoms with E-state index in [9.17, 15) is 0 Å². The van der Waals surface area contributed by atoms with Gasteiger partial charge in [-0.15, -0.1) is 5.10 Å². The Bertz CT molecular complexity index is 1040. The summed E-state index contributed by atoms with van der Waals surface area (Å²) in [5.41, 5.74) is 2.62. The van der Waals surface area contributed by atoms with Crippen molar-refractivity contribution in [2.75, 3.05) is 31.2 Å². The third-order valence-corrected chi connectivity index (χ3v) is 4.38. The molecule has 0 unspecified atom stereocenters. The number of hydrogen-bond acceptors (Lipinski definition) is 6. The fourth-order valence-electron chi connectivity index (χ4n) is 3.13. The van der Waals surface area contributed by atoms with Crippen LogP contribution in [0.5, 0.6) is 0 Å². The molecule has 4 heterocycles. The zero-order valence-corrected chi connectivity index (χ0v) is 13.5. The molecule has 3 aromatic heterocycles. The lowest BCUT2D eigenvalue weighted by Gasteiger charge is -2.27. The summed E-state index contributed by atoms with van der Waals surface area (Å²) < 4.78 is 7.32. The summed E-state index contributed by atoms with van der Waals surface area (Å²) in [6.45, 7) is 2.98. The quantitative estimate of drug-likeness (QED) is 0.560. The molecule has 0 N–H and O–H groups in total. The highest BCUT2D eigenvalue weighted by Crippen LogP contribution is 2.25. The number of pyridine rings is 1. The molecule has 124 valence electrons. The van der Waals surface area contributed by atoms with Crippen LogP contribution in [0.1, 0.15) is 0 Å². The van der Waals surface area contributed by atoms with Crippen LogP contribution in [0.15, 0.2) is 48.8 Å². The van der Waals surface area contributed by atoms with Gasteiger partial charge in [0.25, 0.3) is 0 Å². The Morgan fingerprint density at radius 1 is 0.960 bits per heavy atom. The SMILES string of the molecule is c1cncc(-c2nc3c4ccccc4nc(N4CCOCC4)n3n2)c1. The minimum absolute atomic E-state index is 0.653. The van der Waals surface area contributed by atoms with E-state index in [2.05, 4.69) is 9.88 Å². The van der Waals surface area contributed by atoms with Crippen LogP contribution in [0.4, 0.5) is 5.95 Å². The van der Waals surface area contributed by atoms with E-state index in [4.69, 9.17) is 19.8 Å². The average Bonchev–Trinajstić information content (AvgIpc) is 3.14. The van der Waals surface area contributed by atoms with Crippen LogP contribution >= 0.6 is 0 Å². The van der Waals surface area contributed by atoms with Gasteiger partial charge in [-0.1, -0.05) is 12.1 Å². The van der Waals surface area contributed by atoms with Crippen molar-refractivity contribution in [3.8, 4) is 11.4 Å². The van der Waals surface area contributed by atoms with Gasteiger partial charge in [-0.25, -0.2) is 9.97 Å². The molecule has 4 aromatic rings. The normalized spacial score (nSPS) is 15.1. The van der Waals surface area contributed by atoms with Crippen LogP contribution in [0, 0.1) is 0 Å². The lowest BCUT2D eigenvalue weighted by Crippen LogP contribution is -2.38. The van der Waals surface area contributed by atoms with Gasteiger partial charge in [-0.3, -0.25) is 4.98 Å². The molecular weight excluding hydrogens is 316 g/mol. The number of morpholine rings is 1. The van der Waals surface area contributed by atoms with Gasteiger partial charge in [0.2, 0.25) is 5.95 Å². The Balaban J connectivity index is 1.78. The Kier molecular flexibility index (Phi) is 3.31.